The maximum atomic E-state index is 12.4. The van der Waals surface area contributed by atoms with Crippen LogP contribution in [0.5, 0.6) is 5.75 Å². The summed E-state index contributed by atoms with van der Waals surface area (Å²) in [5, 5.41) is 10.5. The molecule has 2 heterocycles. The lowest BCUT2D eigenvalue weighted by molar-refractivity contribution is 0.0789. The minimum atomic E-state index is 0.00856. The van der Waals surface area contributed by atoms with Gasteiger partial charge in [0.1, 0.15) is 16.8 Å². The summed E-state index contributed by atoms with van der Waals surface area (Å²) in [7, 11) is 1.56. The van der Waals surface area contributed by atoms with Gasteiger partial charge in [-0.2, -0.15) is 15.4 Å². The minimum Gasteiger partial charge on any atom is -0.496 e. The molecule has 0 bridgehead atoms. The molecular formula is C12H14N4O2. The van der Waals surface area contributed by atoms with Crippen LogP contribution in [-0.2, 0) is 0 Å². The highest BCUT2D eigenvalue weighted by molar-refractivity contribution is 6.00. The maximum Gasteiger partial charge on any atom is 0.257 e. The van der Waals surface area contributed by atoms with Gasteiger partial charge < -0.3 is 9.64 Å². The van der Waals surface area contributed by atoms with Crippen molar-refractivity contribution in [2.45, 2.75) is 12.8 Å². The first kappa shape index (κ1) is 11.0. The van der Waals surface area contributed by atoms with Gasteiger partial charge >= 0.3 is 0 Å². The number of aromatic amines is 1. The molecule has 1 saturated heterocycles. The van der Waals surface area contributed by atoms with E-state index in [1.54, 1.807) is 19.2 Å². The van der Waals surface area contributed by atoms with E-state index in [1.807, 2.05) is 4.90 Å². The van der Waals surface area contributed by atoms with Crippen LogP contribution in [0.1, 0.15) is 23.2 Å². The van der Waals surface area contributed by atoms with E-state index in [-0.39, 0.29) is 5.91 Å². The number of ether oxygens (including phenoxy) is 1. The van der Waals surface area contributed by atoms with Gasteiger partial charge in [0, 0.05) is 19.2 Å². The molecule has 6 heteroatoms. The lowest BCUT2D eigenvalue weighted by atomic mass is 10.1. The number of likely N-dealkylation sites (tertiary alicyclic amines) is 1. The maximum absolute atomic E-state index is 12.4. The summed E-state index contributed by atoms with van der Waals surface area (Å²) in [6.45, 7) is 1.64. The van der Waals surface area contributed by atoms with E-state index < -0.39 is 0 Å². The van der Waals surface area contributed by atoms with E-state index >= 15 is 0 Å². The second kappa shape index (κ2) is 4.29. The van der Waals surface area contributed by atoms with Crippen LogP contribution in [0.2, 0.25) is 0 Å². The second-order valence-electron chi connectivity index (χ2n) is 4.36. The predicted octanol–water partition coefficient (Wildman–Crippen LogP) is 1.20. The number of amides is 1. The highest BCUT2D eigenvalue weighted by atomic mass is 16.5. The Morgan fingerprint density at radius 3 is 2.61 bits per heavy atom. The second-order valence-corrected chi connectivity index (χ2v) is 4.36. The number of nitrogens with zero attached hydrogens (tertiary/aromatic N) is 3. The Morgan fingerprint density at radius 2 is 1.94 bits per heavy atom. The molecule has 3 rings (SSSR count). The summed E-state index contributed by atoms with van der Waals surface area (Å²) in [4.78, 5) is 14.2. The van der Waals surface area contributed by atoms with Gasteiger partial charge in [0.2, 0.25) is 0 Å². The average Bonchev–Trinajstić information content (AvgIpc) is 3.06. The SMILES string of the molecule is COc1cc2n[nH]nc2cc1C(=O)N1CCCC1. The molecule has 2 aromatic rings. The van der Waals surface area contributed by atoms with Crippen LogP contribution in [0.4, 0.5) is 0 Å². The summed E-state index contributed by atoms with van der Waals surface area (Å²) in [5.41, 5.74) is 1.93. The van der Waals surface area contributed by atoms with Gasteiger partial charge in [-0.1, -0.05) is 0 Å². The molecule has 1 aliphatic rings. The molecular weight excluding hydrogens is 232 g/mol. The van der Waals surface area contributed by atoms with Crippen LogP contribution in [0.25, 0.3) is 11.0 Å². The Bertz CT molecular complexity index is 587. The molecule has 0 radical (unpaired) electrons. The number of methoxy groups -OCH3 is 1. The van der Waals surface area contributed by atoms with Crippen LogP contribution in [-0.4, -0.2) is 46.4 Å². The largest absolute Gasteiger partial charge is 0.496 e. The van der Waals surface area contributed by atoms with Crippen molar-refractivity contribution in [1.29, 1.82) is 0 Å². The van der Waals surface area contributed by atoms with Crippen LogP contribution in [0.3, 0.4) is 0 Å². The zero-order chi connectivity index (χ0) is 12.5. The first-order valence-electron chi connectivity index (χ1n) is 5.97. The molecule has 18 heavy (non-hydrogen) atoms. The van der Waals surface area contributed by atoms with Crippen LogP contribution in [0, 0.1) is 0 Å². The van der Waals surface area contributed by atoms with Crippen molar-refractivity contribution in [3.63, 3.8) is 0 Å². The standard InChI is InChI=1S/C12H14N4O2/c1-18-11-7-10-9(13-15-14-10)6-8(11)12(17)16-4-2-3-5-16/h6-7H,2-5H2,1H3,(H,13,14,15). The summed E-state index contributed by atoms with van der Waals surface area (Å²) in [6.07, 6.45) is 2.14. The third-order valence-electron chi connectivity index (χ3n) is 3.26. The number of fused-ring (bicyclic) bond motifs is 1. The first-order valence-corrected chi connectivity index (χ1v) is 5.97. The Hall–Kier alpha value is -2.11. The highest BCUT2D eigenvalue weighted by Crippen LogP contribution is 2.26. The van der Waals surface area contributed by atoms with Crippen LogP contribution < -0.4 is 4.74 Å². The summed E-state index contributed by atoms with van der Waals surface area (Å²) in [6, 6.07) is 3.47. The lowest BCUT2D eigenvalue weighted by Crippen LogP contribution is -2.27. The molecule has 1 N–H and O–H groups in total. The van der Waals surface area contributed by atoms with Crippen molar-refractivity contribution in [1.82, 2.24) is 20.3 Å². The van der Waals surface area contributed by atoms with Crippen LogP contribution >= 0.6 is 0 Å². The normalized spacial score (nSPS) is 15.3. The molecule has 6 nitrogen and oxygen atoms in total. The third kappa shape index (κ3) is 1.70. The zero-order valence-corrected chi connectivity index (χ0v) is 10.1. The van der Waals surface area contributed by atoms with E-state index in [9.17, 15) is 4.79 Å². The smallest absolute Gasteiger partial charge is 0.257 e. The van der Waals surface area contributed by atoms with Gasteiger partial charge in [-0.05, 0) is 18.9 Å². The van der Waals surface area contributed by atoms with Gasteiger partial charge in [-0.3, -0.25) is 4.79 Å². The Kier molecular flexibility index (Phi) is 2.62. The van der Waals surface area contributed by atoms with E-state index in [2.05, 4.69) is 15.4 Å². The molecule has 0 spiro atoms. The van der Waals surface area contributed by atoms with Gasteiger partial charge in [0.05, 0.1) is 12.7 Å². The number of carbonyl (C=O) groups is 1. The topological polar surface area (TPSA) is 71.1 Å². The first-order chi connectivity index (χ1) is 8.79. The molecule has 1 aliphatic heterocycles. The number of nitrogens with one attached hydrogen (secondary N) is 1. The zero-order valence-electron chi connectivity index (χ0n) is 10.1. The van der Waals surface area contributed by atoms with Crippen molar-refractivity contribution >= 4 is 16.9 Å². The summed E-state index contributed by atoms with van der Waals surface area (Å²) >= 11 is 0. The van der Waals surface area contributed by atoms with Gasteiger partial charge in [-0.25, -0.2) is 0 Å². The van der Waals surface area contributed by atoms with E-state index in [0.29, 0.717) is 22.3 Å². The Balaban J connectivity index is 2.05. The van der Waals surface area contributed by atoms with Crippen molar-refractivity contribution in [3.05, 3.63) is 17.7 Å². The number of rotatable bonds is 2. The van der Waals surface area contributed by atoms with Crippen molar-refractivity contribution < 1.29 is 9.53 Å². The van der Waals surface area contributed by atoms with E-state index in [4.69, 9.17) is 4.74 Å². The Labute approximate surface area is 104 Å². The number of benzene rings is 1. The van der Waals surface area contributed by atoms with Crippen molar-refractivity contribution in [2.75, 3.05) is 20.2 Å². The number of carbonyl (C=O) groups excluding carboxylic acids is 1. The molecule has 1 aromatic heterocycles. The van der Waals surface area contributed by atoms with E-state index in [1.165, 1.54) is 0 Å². The fourth-order valence-corrected chi connectivity index (χ4v) is 2.30. The lowest BCUT2D eigenvalue weighted by Gasteiger charge is -2.16. The average molecular weight is 246 g/mol. The Morgan fingerprint density at radius 1 is 1.28 bits per heavy atom. The molecule has 0 unspecified atom stereocenters. The molecule has 0 atom stereocenters. The van der Waals surface area contributed by atoms with Crippen molar-refractivity contribution in [3.8, 4) is 5.75 Å². The fourth-order valence-electron chi connectivity index (χ4n) is 2.30. The summed E-state index contributed by atoms with van der Waals surface area (Å²) < 4.78 is 5.27. The minimum absolute atomic E-state index is 0.00856. The fraction of sp³-hybridized carbons (Fsp3) is 0.417. The molecule has 0 saturated carbocycles. The summed E-state index contributed by atoms with van der Waals surface area (Å²) in [5.74, 6) is 0.558. The monoisotopic (exact) mass is 246 g/mol. The van der Waals surface area contributed by atoms with E-state index in [0.717, 1.165) is 25.9 Å². The number of hydrogen-bond acceptors (Lipinski definition) is 4. The molecule has 1 amide bonds. The quantitative estimate of drug-likeness (QED) is 0.864. The third-order valence-corrected chi connectivity index (χ3v) is 3.26. The molecule has 0 aliphatic carbocycles. The molecule has 1 aromatic carbocycles. The highest BCUT2D eigenvalue weighted by Gasteiger charge is 2.23. The number of aromatic nitrogens is 3. The van der Waals surface area contributed by atoms with Crippen LogP contribution in [0.15, 0.2) is 12.1 Å². The van der Waals surface area contributed by atoms with Gasteiger partial charge in [0.15, 0.2) is 0 Å². The van der Waals surface area contributed by atoms with Gasteiger partial charge in [0.25, 0.3) is 5.91 Å². The molecule has 94 valence electrons. The predicted molar refractivity (Wildman–Crippen MR) is 65.6 cm³/mol. The van der Waals surface area contributed by atoms with Gasteiger partial charge in [-0.15, -0.1) is 0 Å². The van der Waals surface area contributed by atoms with Crippen molar-refractivity contribution in [2.24, 2.45) is 0 Å². The number of H-pyrrole nitrogens is 1. The number of hydrogen-bond donors (Lipinski definition) is 1. The molecule has 1 fully saturated rings.